The molecule has 4 nitrogen and oxygen atoms in total. The maximum atomic E-state index is 12.2. The third-order valence-electron chi connectivity index (χ3n) is 3.49. The molecule has 0 atom stereocenters. The van der Waals surface area contributed by atoms with Crippen molar-refractivity contribution in [3.05, 3.63) is 69.7 Å². The van der Waals surface area contributed by atoms with E-state index in [-0.39, 0.29) is 12.4 Å². The lowest BCUT2D eigenvalue weighted by Gasteiger charge is -2.11. The van der Waals surface area contributed by atoms with Gasteiger partial charge in [0.2, 0.25) is 0 Å². The minimum Gasteiger partial charge on any atom is -0.480 e. The summed E-state index contributed by atoms with van der Waals surface area (Å²) in [5.74, 6) is -0.0302. The minimum atomic E-state index is -0.626. The number of carbonyl (C=O) groups excluding carboxylic acids is 2. The molecule has 0 heterocycles. The van der Waals surface area contributed by atoms with Crippen LogP contribution in [0.3, 0.4) is 0 Å². The number of aldehydes is 1. The van der Waals surface area contributed by atoms with Crippen molar-refractivity contribution < 1.29 is 19.1 Å². The number of esters is 1. The van der Waals surface area contributed by atoms with Crippen molar-refractivity contribution in [3.63, 3.8) is 0 Å². The van der Waals surface area contributed by atoms with Crippen LogP contribution < -0.4 is 9.47 Å². The molecule has 3 aromatic carbocycles. The molecule has 0 saturated carbocycles. The van der Waals surface area contributed by atoms with Gasteiger partial charge in [0.15, 0.2) is 12.9 Å². The second kappa shape index (κ2) is 7.68. The van der Waals surface area contributed by atoms with Gasteiger partial charge in [0.25, 0.3) is 0 Å². The van der Waals surface area contributed by atoms with Crippen molar-refractivity contribution in [2.24, 2.45) is 0 Å². The predicted molar refractivity (Wildman–Crippen MR) is 99.6 cm³/mol. The standard InChI is InChI=1S/C19H12BrClO4/c20-14-7-8-17(16(21)9-14)24-11-18(23)25-19-13(10-22)6-5-12-3-1-2-4-15(12)19/h1-10H,11H2. The Morgan fingerprint density at radius 2 is 1.92 bits per heavy atom. The Labute approximate surface area is 157 Å². The van der Waals surface area contributed by atoms with E-state index in [1.54, 1.807) is 36.4 Å². The lowest BCUT2D eigenvalue weighted by Crippen LogP contribution is -2.18. The highest BCUT2D eigenvalue weighted by Crippen LogP contribution is 2.30. The summed E-state index contributed by atoms with van der Waals surface area (Å²) in [4.78, 5) is 23.4. The predicted octanol–water partition coefficient (Wildman–Crippen LogP) is 5.05. The second-order valence-corrected chi connectivity index (χ2v) is 6.48. The highest BCUT2D eigenvalue weighted by atomic mass is 79.9. The van der Waals surface area contributed by atoms with Crippen LogP contribution in [0.1, 0.15) is 10.4 Å². The summed E-state index contributed by atoms with van der Waals surface area (Å²) in [6.45, 7) is -0.330. The molecule has 0 N–H and O–H groups in total. The van der Waals surface area contributed by atoms with Crippen LogP contribution in [0.5, 0.6) is 11.5 Å². The third-order valence-corrected chi connectivity index (χ3v) is 4.28. The Balaban J connectivity index is 1.79. The Hall–Kier alpha value is -2.37. The zero-order valence-electron chi connectivity index (χ0n) is 12.9. The van der Waals surface area contributed by atoms with E-state index in [4.69, 9.17) is 21.1 Å². The molecule has 0 unspecified atom stereocenters. The van der Waals surface area contributed by atoms with E-state index < -0.39 is 5.97 Å². The summed E-state index contributed by atoms with van der Waals surface area (Å²) >= 11 is 9.34. The highest BCUT2D eigenvalue weighted by Gasteiger charge is 2.14. The molecule has 0 aliphatic heterocycles. The largest absolute Gasteiger partial charge is 0.480 e. The fraction of sp³-hybridized carbons (Fsp3) is 0.0526. The quantitative estimate of drug-likeness (QED) is 0.330. The van der Waals surface area contributed by atoms with E-state index in [1.165, 1.54) is 0 Å². The van der Waals surface area contributed by atoms with Crippen molar-refractivity contribution in [2.75, 3.05) is 6.61 Å². The van der Waals surface area contributed by atoms with Gasteiger partial charge in [-0.3, -0.25) is 4.79 Å². The van der Waals surface area contributed by atoms with E-state index in [0.717, 1.165) is 9.86 Å². The molecule has 3 rings (SSSR count). The lowest BCUT2D eigenvalue weighted by atomic mass is 10.1. The molecule has 0 bridgehead atoms. The van der Waals surface area contributed by atoms with Crippen molar-refractivity contribution in [3.8, 4) is 11.5 Å². The van der Waals surface area contributed by atoms with E-state index in [9.17, 15) is 9.59 Å². The van der Waals surface area contributed by atoms with Gasteiger partial charge >= 0.3 is 5.97 Å². The van der Waals surface area contributed by atoms with Gasteiger partial charge in [-0.1, -0.05) is 57.9 Å². The lowest BCUT2D eigenvalue weighted by molar-refractivity contribution is -0.136. The molecule has 25 heavy (non-hydrogen) atoms. The van der Waals surface area contributed by atoms with E-state index >= 15 is 0 Å². The number of fused-ring (bicyclic) bond motifs is 1. The molecule has 0 aromatic heterocycles. The molecule has 0 fully saturated rings. The number of hydrogen-bond donors (Lipinski definition) is 0. The first-order valence-corrected chi connectivity index (χ1v) is 8.51. The van der Waals surface area contributed by atoms with E-state index in [1.807, 2.05) is 18.2 Å². The summed E-state index contributed by atoms with van der Waals surface area (Å²) in [5.41, 5.74) is 0.300. The average molecular weight is 420 g/mol. The molecule has 0 saturated heterocycles. The second-order valence-electron chi connectivity index (χ2n) is 5.16. The van der Waals surface area contributed by atoms with Crippen LogP contribution in [0.2, 0.25) is 5.02 Å². The van der Waals surface area contributed by atoms with E-state index in [0.29, 0.717) is 28.0 Å². The zero-order valence-corrected chi connectivity index (χ0v) is 15.2. The summed E-state index contributed by atoms with van der Waals surface area (Å²) in [5, 5.41) is 1.93. The molecular formula is C19H12BrClO4. The molecule has 126 valence electrons. The Bertz CT molecular complexity index is 955. The SMILES string of the molecule is O=Cc1ccc2ccccc2c1OC(=O)COc1ccc(Br)cc1Cl. The van der Waals surface area contributed by atoms with Gasteiger partial charge in [-0.15, -0.1) is 0 Å². The monoisotopic (exact) mass is 418 g/mol. The summed E-state index contributed by atoms with van der Waals surface area (Å²) in [7, 11) is 0. The molecule has 0 aliphatic rings. The topological polar surface area (TPSA) is 52.6 Å². The molecule has 0 spiro atoms. The Morgan fingerprint density at radius 1 is 1.12 bits per heavy atom. The summed E-state index contributed by atoms with van der Waals surface area (Å²) in [6.07, 6.45) is 0.654. The average Bonchev–Trinajstić information content (AvgIpc) is 2.61. The first-order chi connectivity index (χ1) is 12.1. The van der Waals surface area contributed by atoms with Crippen molar-refractivity contribution >= 4 is 50.6 Å². The van der Waals surface area contributed by atoms with Crippen LogP contribution in [0.25, 0.3) is 10.8 Å². The molecule has 0 amide bonds. The number of hydrogen-bond acceptors (Lipinski definition) is 4. The van der Waals surface area contributed by atoms with Crippen molar-refractivity contribution in [1.82, 2.24) is 0 Å². The molecule has 0 radical (unpaired) electrons. The number of halogens is 2. The van der Waals surface area contributed by atoms with Crippen LogP contribution in [-0.4, -0.2) is 18.9 Å². The number of rotatable bonds is 5. The zero-order chi connectivity index (χ0) is 17.8. The minimum absolute atomic E-state index is 0.226. The van der Waals surface area contributed by atoms with Gasteiger partial charge in [-0.05, 0) is 29.7 Å². The smallest absolute Gasteiger partial charge is 0.349 e. The van der Waals surface area contributed by atoms with Crippen LogP contribution in [-0.2, 0) is 4.79 Å². The number of carbonyl (C=O) groups is 2. The van der Waals surface area contributed by atoms with Gasteiger partial charge in [-0.2, -0.15) is 0 Å². The maximum absolute atomic E-state index is 12.2. The molecule has 0 aliphatic carbocycles. The van der Waals surface area contributed by atoms with Crippen molar-refractivity contribution in [2.45, 2.75) is 0 Å². The Morgan fingerprint density at radius 3 is 2.68 bits per heavy atom. The maximum Gasteiger partial charge on any atom is 0.349 e. The molecule has 3 aromatic rings. The first-order valence-electron chi connectivity index (χ1n) is 7.34. The fourth-order valence-electron chi connectivity index (χ4n) is 2.34. The fourth-order valence-corrected chi connectivity index (χ4v) is 3.07. The third kappa shape index (κ3) is 4.00. The van der Waals surface area contributed by atoms with Gasteiger partial charge in [0.1, 0.15) is 11.5 Å². The van der Waals surface area contributed by atoms with Gasteiger partial charge in [-0.25, -0.2) is 4.79 Å². The van der Waals surface area contributed by atoms with Crippen LogP contribution in [0.4, 0.5) is 0 Å². The van der Waals surface area contributed by atoms with Crippen LogP contribution in [0, 0.1) is 0 Å². The van der Waals surface area contributed by atoms with Gasteiger partial charge in [0.05, 0.1) is 10.6 Å². The summed E-state index contributed by atoms with van der Waals surface area (Å²) in [6, 6.07) is 15.8. The molecule has 6 heteroatoms. The summed E-state index contributed by atoms with van der Waals surface area (Å²) < 4.78 is 11.6. The normalized spacial score (nSPS) is 10.5. The Kier molecular flexibility index (Phi) is 5.36. The van der Waals surface area contributed by atoms with Gasteiger partial charge in [0, 0.05) is 9.86 Å². The van der Waals surface area contributed by atoms with Crippen LogP contribution >= 0.6 is 27.5 Å². The van der Waals surface area contributed by atoms with E-state index in [2.05, 4.69) is 15.9 Å². The molecular weight excluding hydrogens is 408 g/mol. The van der Waals surface area contributed by atoms with Gasteiger partial charge < -0.3 is 9.47 Å². The van der Waals surface area contributed by atoms with Crippen molar-refractivity contribution in [1.29, 1.82) is 0 Å². The van der Waals surface area contributed by atoms with Crippen LogP contribution in [0.15, 0.2) is 59.1 Å². The number of benzene rings is 3. The first kappa shape index (κ1) is 17.5. The highest BCUT2D eigenvalue weighted by molar-refractivity contribution is 9.10. The number of ether oxygens (including phenoxy) is 2.